The Hall–Kier alpha value is -1.77. The zero-order valence-corrected chi connectivity index (χ0v) is 7.10. The molecule has 1 amide bonds. The molecule has 66 valence electrons. The van der Waals surface area contributed by atoms with Gasteiger partial charge in [-0.2, -0.15) is 0 Å². The minimum absolute atomic E-state index is 0.673. The summed E-state index contributed by atoms with van der Waals surface area (Å²) in [5, 5.41) is 1.71. The lowest BCUT2D eigenvalue weighted by Crippen LogP contribution is -2.34. The van der Waals surface area contributed by atoms with E-state index in [1.54, 1.807) is 5.01 Å². The first kappa shape index (κ1) is 7.86. The van der Waals surface area contributed by atoms with E-state index < -0.39 is 0 Å². The molecule has 1 N–H and O–H groups in total. The summed E-state index contributed by atoms with van der Waals surface area (Å²) in [4.78, 5) is 10.3. The first-order chi connectivity index (χ1) is 6.42. The van der Waals surface area contributed by atoms with Crippen LogP contribution in [0.25, 0.3) is 0 Å². The largest absolute Gasteiger partial charge is 0.277 e. The van der Waals surface area contributed by atoms with Gasteiger partial charge in [-0.25, -0.2) is 0 Å². The van der Waals surface area contributed by atoms with Crippen molar-refractivity contribution in [3.05, 3.63) is 42.1 Å². The normalized spacial score (nSPS) is 13.7. The SMILES string of the molecule is O=CNN1C=CCc2ccccc21. The van der Waals surface area contributed by atoms with Crippen LogP contribution in [0.2, 0.25) is 0 Å². The van der Waals surface area contributed by atoms with Crippen molar-refractivity contribution >= 4 is 12.1 Å². The highest BCUT2D eigenvalue weighted by atomic mass is 16.1. The van der Waals surface area contributed by atoms with Crippen molar-refractivity contribution in [1.29, 1.82) is 0 Å². The highest BCUT2D eigenvalue weighted by Gasteiger charge is 2.10. The predicted molar refractivity (Wildman–Crippen MR) is 51.0 cm³/mol. The molecule has 0 unspecified atom stereocenters. The van der Waals surface area contributed by atoms with Crippen LogP contribution in [0.4, 0.5) is 5.69 Å². The number of benzene rings is 1. The molecule has 0 aromatic heterocycles. The van der Waals surface area contributed by atoms with Gasteiger partial charge < -0.3 is 0 Å². The van der Waals surface area contributed by atoms with Gasteiger partial charge in [0, 0.05) is 6.20 Å². The molecule has 0 saturated carbocycles. The van der Waals surface area contributed by atoms with Crippen LogP contribution in [0.1, 0.15) is 5.56 Å². The van der Waals surface area contributed by atoms with Gasteiger partial charge in [0.25, 0.3) is 0 Å². The van der Waals surface area contributed by atoms with Crippen molar-refractivity contribution in [2.75, 3.05) is 5.01 Å². The molecular weight excluding hydrogens is 164 g/mol. The van der Waals surface area contributed by atoms with Gasteiger partial charge in [0.2, 0.25) is 6.41 Å². The van der Waals surface area contributed by atoms with E-state index in [2.05, 4.69) is 11.5 Å². The molecule has 1 aromatic carbocycles. The smallest absolute Gasteiger partial charge is 0.226 e. The van der Waals surface area contributed by atoms with Gasteiger partial charge in [-0.15, -0.1) is 0 Å². The maximum absolute atomic E-state index is 10.3. The van der Waals surface area contributed by atoms with Crippen LogP contribution >= 0.6 is 0 Å². The fourth-order valence-electron chi connectivity index (χ4n) is 1.45. The monoisotopic (exact) mass is 174 g/mol. The minimum atomic E-state index is 0.673. The minimum Gasteiger partial charge on any atom is -0.277 e. The Labute approximate surface area is 76.6 Å². The number of rotatable bonds is 2. The molecule has 0 radical (unpaired) electrons. The third-order valence-corrected chi connectivity index (χ3v) is 2.04. The third-order valence-electron chi connectivity index (χ3n) is 2.04. The summed E-state index contributed by atoms with van der Waals surface area (Å²) in [5.41, 5.74) is 4.87. The predicted octanol–water partition coefficient (Wildman–Crippen LogP) is 1.22. The van der Waals surface area contributed by atoms with E-state index in [9.17, 15) is 4.79 Å². The maximum atomic E-state index is 10.3. The molecule has 0 bridgehead atoms. The molecular formula is C10H10N2O. The molecule has 0 saturated heterocycles. The number of hydrogen-bond donors (Lipinski definition) is 1. The van der Waals surface area contributed by atoms with E-state index in [1.165, 1.54) is 5.56 Å². The molecule has 0 spiro atoms. The molecule has 1 aliphatic rings. The molecule has 1 heterocycles. The van der Waals surface area contributed by atoms with Crippen LogP contribution < -0.4 is 10.4 Å². The van der Waals surface area contributed by atoms with Gasteiger partial charge in [0.15, 0.2) is 0 Å². The van der Waals surface area contributed by atoms with E-state index in [-0.39, 0.29) is 0 Å². The van der Waals surface area contributed by atoms with Crippen molar-refractivity contribution < 1.29 is 4.79 Å². The van der Waals surface area contributed by atoms with Crippen LogP contribution in [-0.2, 0) is 11.2 Å². The Morgan fingerprint density at radius 2 is 2.23 bits per heavy atom. The molecule has 0 fully saturated rings. The molecule has 1 aliphatic heterocycles. The molecule has 13 heavy (non-hydrogen) atoms. The van der Waals surface area contributed by atoms with E-state index in [0.717, 1.165) is 12.1 Å². The summed E-state index contributed by atoms with van der Waals surface area (Å²) < 4.78 is 0. The summed E-state index contributed by atoms with van der Waals surface area (Å²) in [6, 6.07) is 7.99. The number of nitrogens with zero attached hydrogens (tertiary/aromatic N) is 1. The van der Waals surface area contributed by atoms with Crippen molar-refractivity contribution in [3.63, 3.8) is 0 Å². The van der Waals surface area contributed by atoms with Gasteiger partial charge in [0.05, 0.1) is 5.69 Å². The van der Waals surface area contributed by atoms with Gasteiger partial charge in [-0.05, 0) is 18.1 Å². The molecule has 0 atom stereocenters. The van der Waals surface area contributed by atoms with Gasteiger partial charge in [0.1, 0.15) is 0 Å². The average molecular weight is 174 g/mol. The maximum Gasteiger partial charge on any atom is 0.226 e. The van der Waals surface area contributed by atoms with E-state index in [0.29, 0.717) is 6.41 Å². The zero-order valence-electron chi connectivity index (χ0n) is 7.10. The second-order valence-electron chi connectivity index (χ2n) is 2.83. The summed E-state index contributed by atoms with van der Waals surface area (Å²) in [5.74, 6) is 0. The molecule has 1 aromatic rings. The van der Waals surface area contributed by atoms with Gasteiger partial charge >= 0.3 is 0 Å². The Bertz CT molecular complexity index is 347. The first-order valence-corrected chi connectivity index (χ1v) is 4.15. The highest BCUT2D eigenvalue weighted by Crippen LogP contribution is 2.23. The number of para-hydroxylation sites is 1. The van der Waals surface area contributed by atoms with Crippen molar-refractivity contribution in [2.24, 2.45) is 0 Å². The number of fused-ring (bicyclic) bond motifs is 1. The van der Waals surface area contributed by atoms with Crippen LogP contribution in [0.15, 0.2) is 36.5 Å². The lowest BCUT2D eigenvalue weighted by molar-refractivity contribution is -0.109. The standard InChI is InChI=1S/C10H10N2O/c13-8-11-12-7-3-5-9-4-1-2-6-10(9)12/h1-4,6-8H,5H2,(H,11,13). The average Bonchev–Trinajstić information content (AvgIpc) is 2.19. The van der Waals surface area contributed by atoms with E-state index in [1.807, 2.05) is 30.5 Å². The Morgan fingerprint density at radius 1 is 1.38 bits per heavy atom. The number of carbonyl (C=O) groups excluding carboxylic acids is 1. The fourth-order valence-corrected chi connectivity index (χ4v) is 1.45. The van der Waals surface area contributed by atoms with Gasteiger partial charge in [-0.3, -0.25) is 15.2 Å². The topological polar surface area (TPSA) is 32.3 Å². The summed E-state index contributed by atoms with van der Waals surface area (Å²) in [7, 11) is 0. The molecule has 0 aliphatic carbocycles. The number of carbonyl (C=O) groups is 1. The summed E-state index contributed by atoms with van der Waals surface area (Å²) >= 11 is 0. The quantitative estimate of drug-likeness (QED) is 0.684. The number of allylic oxidation sites excluding steroid dienone is 1. The molecule has 3 heteroatoms. The Balaban J connectivity index is 2.36. The highest BCUT2D eigenvalue weighted by molar-refractivity contribution is 5.62. The number of nitrogens with one attached hydrogen (secondary N) is 1. The Morgan fingerprint density at radius 3 is 3.08 bits per heavy atom. The van der Waals surface area contributed by atoms with Crippen LogP contribution in [0, 0.1) is 0 Å². The third kappa shape index (κ3) is 1.40. The van der Waals surface area contributed by atoms with Crippen LogP contribution in [-0.4, -0.2) is 6.41 Å². The lowest BCUT2D eigenvalue weighted by Gasteiger charge is -2.24. The van der Waals surface area contributed by atoms with Crippen LogP contribution in [0.3, 0.4) is 0 Å². The van der Waals surface area contributed by atoms with E-state index >= 15 is 0 Å². The summed E-state index contributed by atoms with van der Waals surface area (Å²) in [6.45, 7) is 0. The molecule has 2 rings (SSSR count). The first-order valence-electron chi connectivity index (χ1n) is 4.15. The second-order valence-corrected chi connectivity index (χ2v) is 2.83. The number of anilines is 1. The number of amides is 1. The second kappa shape index (κ2) is 3.31. The van der Waals surface area contributed by atoms with Crippen molar-refractivity contribution in [2.45, 2.75) is 6.42 Å². The van der Waals surface area contributed by atoms with Crippen molar-refractivity contribution in [3.8, 4) is 0 Å². The lowest BCUT2D eigenvalue weighted by atomic mass is 10.1. The van der Waals surface area contributed by atoms with Gasteiger partial charge in [-0.1, -0.05) is 24.3 Å². The van der Waals surface area contributed by atoms with E-state index in [4.69, 9.17) is 0 Å². The summed E-state index contributed by atoms with van der Waals surface area (Å²) in [6.07, 6.45) is 5.47. The number of hydrogen-bond acceptors (Lipinski definition) is 2. The van der Waals surface area contributed by atoms with Crippen LogP contribution in [0.5, 0.6) is 0 Å². The fraction of sp³-hybridized carbons (Fsp3) is 0.100. The molecule has 3 nitrogen and oxygen atoms in total. The Kier molecular flexibility index (Phi) is 2.00. The zero-order chi connectivity index (χ0) is 9.10. The van der Waals surface area contributed by atoms with Crippen molar-refractivity contribution in [1.82, 2.24) is 5.43 Å². The number of hydrazine groups is 1.